The van der Waals surface area contributed by atoms with Gasteiger partial charge in [0, 0.05) is 4.70 Å². The summed E-state index contributed by atoms with van der Waals surface area (Å²) >= 11 is 3.30. The SMILES string of the molecule is CSc1cc2cc(F)c(N)cc2s1. The molecule has 0 saturated carbocycles. The van der Waals surface area contributed by atoms with Crippen molar-refractivity contribution in [1.82, 2.24) is 0 Å². The Kier molecular flexibility index (Phi) is 2.17. The Balaban J connectivity index is 2.70. The Morgan fingerprint density at radius 2 is 2.15 bits per heavy atom. The Labute approximate surface area is 83.7 Å². The smallest absolute Gasteiger partial charge is 0.146 e. The zero-order chi connectivity index (χ0) is 9.42. The number of benzene rings is 1. The van der Waals surface area contributed by atoms with Crippen LogP contribution in [-0.4, -0.2) is 6.26 Å². The van der Waals surface area contributed by atoms with Crippen LogP contribution in [0.15, 0.2) is 22.4 Å². The standard InChI is InChI=1S/C9H8FNS2/c1-12-9-3-5-2-6(10)7(11)4-8(5)13-9/h2-4H,11H2,1H3. The number of thiophene rings is 1. The van der Waals surface area contributed by atoms with Crippen LogP contribution in [0.5, 0.6) is 0 Å². The number of hydrogen-bond donors (Lipinski definition) is 1. The highest BCUT2D eigenvalue weighted by Crippen LogP contribution is 2.33. The predicted molar refractivity (Wildman–Crippen MR) is 58.0 cm³/mol. The predicted octanol–water partition coefficient (Wildman–Crippen LogP) is 3.34. The maximum absolute atomic E-state index is 13.0. The average Bonchev–Trinajstić information content (AvgIpc) is 2.48. The van der Waals surface area contributed by atoms with E-state index in [1.807, 2.05) is 12.3 Å². The van der Waals surface area contributed by atoms with Crippen LogP contribution in [0.25, 0.3) is 10.1 Å². The molecule has 4 heteroatoms. The summed E-state index contributed by atoms with van der Waals surface area (Å²) in [5.74, 6) is -0.335. The van der Waals surface area contributed by atoms with E-state index in [0.717, 1.165) is 10.1 Å². The van der Waals surface area contributed by atoms with Gasteiger partial charge in [0.1, 0.15) is 5.82 Å². The van der Waals surface area contributed by atoms with Crippen molar-refractivity contribution in [2.24, 2.45) is 0 Å². The van der Waals surface area contributed by atoms with Gasteiger partial charge in [-0.25, -0.2) is 4.39 Å². The van der Waals surface area contributed by atoms with Crippen LogP contribution in [0.1, 0.15) is 0 Å². The number of fused-ring (bicyclic) bond motifs is 1. The summed E-state index contributed by atoms with van der Waals surface area (Å²) in [5.41, 5.74) is 5.69. The second-order valence-electron chi connectivity index (χ2n) is 2.68. The Hall–Kier alpha value is -0.740. The van der Waals surface area contributed by atoms with E-state index in [1.165, 1.54) is 10.3 Å². The zero-order valence-electron chi connectivity index (χ0n) is 7.00. The third-order valence-electron chi connectivity index (χ3n) is 1.81. The molecule has 1 aromatic carbocycles. The van der Waals surface area contributed by atoms with Crippen molar-refractivity contribution in [2.75, 3.05) is 12.0 Å². The minimum atomic E-state index is -0.335. The lowest BCUT2D eigenvalue weighted by Gasteiger charge is -1.94. The average molecular weight is 213 g/mol. The molecule has 0 fully saturated rings. The van der Waals surface area contributed by atoms with Crippen molar-refractivity contribution >= 4 is 38.9 Å². The van der Waals surface area contributed by atoms with Gasteiger partial charge in [0.2, 0.25) is 0 Å². The van der Waals surface area contributed by atoms with Crippen LogP contribution in [0.3, 0.4) is 0 Å². The molecular weight excluding hydrogens is 205 g/mol. The monoisotopic (exact) mass is 213 g/mol. The molecule has 0 aliphatic heterocycles. The number of halogens is 1. The molecule has 1 nitrogen and oxygen atoms in total. The quantitative estimate of drug-likeness (QED) is 0.580. The number of nitrogens with two attached hydrogens (primary N) is 1. The summed E-state index contributed by atoms with van der Waals surface area (Å²) in [4.78, 5) is 0. The van der Waals surface area contributed by atoms with Crippen LogP contribution in [-0.2, 0) is 0 Å². The lowest BCUT2D eigenvalue weighted by Crippen LogP contribution is -1.88. The molecule has 13 heavy (non-hydrogen) atoms. The first-order valence-electron chi connectivity index (χ1n) is 3.73. The van der Waals surface area contributed by atoms with Gasteiger partial charge in [0.15, 0.2) is 0 Å². The third-order valence-corrected chi connectivity index (χ3v) is 3.98. The summed E-state index contributed by atoms with van der Waals surface area (Å²) in [6, 6.07) is 5.16. The lowest BCUT2D eigenvalue weighted by molar-refractivity contribution is 0.634. The van der Waals surface area contributed by atoms with Crippen molar-refractivity contribution in [1.29, 1.82) is 0 Å². The van der Waals surface area contributed by atoms with Crippen molar-refractivity contribution in [2.45, 2.75) is 4.21 Å². The molecule has 2 rings (SSSR count). The van der Waals surface area contributed by atoms with Crippen LogP contribution < -0.4 is 5.73 Å². The molecule has 0 unspecified atom stereocenters. The Morgan fingerprint density at radius 3 is 2.85 bits per heavy atom. The van der Waals surface area contributed by atoms with Crippen molar-refractivity contribution in [3.8, 4) is 0 Å². The minimum absolute atomic E-state index is 0.224. The van der Waals surface area contributed by atoms with Gasteiger partial charge in [-0.3, -0.25) is 0 Å². The Bertz CT molecular complexity index is 411. The number of hydrogen-bond acceptors (Lipinski definition) is 3. The molecule has 0 saturated heterocycles. The maximum Gasteiger partial charge on any atom is 0.146 e. The van der Waals surface area contributed by atoms with E-state index in [0.29, 0.717) is 0 Å². The molecule has 0 amide bonds. The van der Waals surface area contributed by atoms with E-state index in [2.05, 4.69) is 0 Å². The molecule has 0 aliphatic rings. The first-order chi connectivity index (χ1) is 6.20. The first kappa shape index (κ1) is 8.84. The van der Waals surface area contributed by atoms with Gasteiger partial charge in [-0.15, -0.1) is 23.1 Å². The normalized spacial score (nSPS) is 10.9. The third kappa shape index (κ3) is 1.51. The largest absolute Gasteiger partial charge is 0.396 e. The summed E-state index contributed by atoms with van der Waals surface area (Å²) in [6.45, 7) is 0. The molecule has 0 radical (unpaired) electrons. The summed E-state index contributed by atoms with van der Waals surface area (Å²) in [7, 11) is 0. The summed E-state index contributed by atoms with van der Waals surface area (Å²) in [6.07, 6.45) is 2.00. The van der Waals surface area contributed by atoms with Crippen LogP contribution in [0.4, 0.5) is 10.1 Å². The second kappa shape index (κ2) is 3.20. The lowest BCUT2D eigenvalue weighted by atomic mass is 10.2. The fraction of sp³-hybridized carbons (Fsp3) is 0.111. The van der Waals surface area contributed by atoms with Gasteiger partial charge >= 0.3 is 0 Å². The van der Waals surface area contributed by atoms with Gasteiger partial charge in [0.05, 0.1) is 9.90 Å². The molecule has 1 heterocycles. The van der Waals surface area contributed by atoms with E-state index in [-0.39, 0.29) is 11.5 Å². The van der Waals surface area contributed by atoms with Crippen molar-refractivity contribution < 1.29 is 4.39 Å². The highest BCUT2D eigenvalue weighted by molar-refractivity contribution is 8.00. The van der Waals surface area contributed by atoms with Crippen molar-refractivity contribution in [3.63, 3.8) is 0 Å². The van der Waals surface area contributed by atoms with Crippen molar-refractivity contribution in [3.05, 3.63) is 24.0 Å². The van der Waals surface area contributed by atoms with Crippen LogP contribution in [0.2, 0.25) is 0 Å². The number of nitrogen functional groups attached to an aromatic ring is 1. The number of thioether (sulfide) groups is 1. The van der Waals surface area contributed by atoms with Crippen LogP contribution >= 0.6 is 23.1 Å². The molecule has 2 N–H and O–H groups in total. The number of rotatable bonds is 1. The fourth-order valence-electron chi connectivity index (χ4n) is 1.15. The molecule has 2 aromatic rings. The number of anilines is 1. The van der Waals surface area contributed by atoms with E-state index >= 15 is 0 Å². The molecule has 1 aromatic heterocycles. The van der Waals surface area contributed by atoms with E-state index in [4.69, 9.17) is 5.73 Å². The second-order valence-corrected chi connectivity index (χ2v) is 4.87. The molecule has 0 atom stereocenters. The molecule has 0 bridgehead atoms. The minimum Gasteiger partial charge on any atom is -0.396 e. The van der Waals surface area contributed by atoms with E-state index in [1.54, 1.807) is 29.2 Å². The molecular formula is C9H8FNS2. The highest BCUT2D eigenvalue weighted by atomic mass is 32.2. The first-order valence-corrected chi connectivity index (χ1v) is 5.77. The van der Waals surface area contributed by atoms with Gasteiger partial charge in [0.25, 0.3) is 0 Å². The Morgan fingerprint density at radius 1 is 1.38 bits per heavy atom. The molecule has 68 valence electrons. The van der Waals surface area contributed by atoms with E-state index < -0.39 is 0 Å². The zero-order valence-corrected chi connectivity index (χ0v) is 8.64. The topological polar surface area (TPSA) is 26.0 Å². The highest BCUT2D eigenvalue weighted by Gasteiger charge is 2.04. The van der Waals surface area contributed by atoms with Gasteiger partial charge < -0.3 is 5.73 Å². The molecule has 0 spiro atoms. The van der Waals surface area contributed by atoms with Gasteiger partial charge in [-0.2, -0.15) is 0 Å². The summed E-state index contributed by atoms with van der Waals surface area (Å²) in [5, 5.41) is 0.932. The van der Waals surface area contributed by atoms with Crippen LogP contribution in [0, 0.1) is 5.82 Å². The van der Waals surface area contributed by atoms with E-state index in [9.17, 15) is 4.39 Å². The molecule has 0 aliphatic carbocycles. The maximum atomic E-state index is 13.0. The van der Waals surface area contributed by atoms with Gasteiger partial charge in [-0.05, 0) is 29.8 Å². The summed E-state index contributed by atoms with van der Waals surface area (Å²) < 4.78 is 15.3. The van der Waals surface area contributed by atoms with Gasteiger partial charge in [-0.1, -0.05) is 0 Å². The fourth-order valence-corrected chi connectivity index (χ4v) is 2.82.